The molecule has 2 heterocycles. The maximum Gasteiger partial charge on any atom is 0.409 e. The van der Waals surface area contributed by atoms with Gasteiger partial charge in [0, 0.05) is 24.7 Å². The van der Waals surface area contributed by atoms with Crippen LogP contribution in [0.5, 0.6) is 0 Å². The van der Waals surface area contributed by atoms with Crippen LogP contribution in [0.25, 0.3) is 0 Å². The van der Waals surface area contributed by atoms with Crippen LogP contribution < -0.4 is 5.32 Å². The van der Waals surface area contributed by atoms with Crippen molar-refractivity contribution in [2.75, 3.05) is 31.2 Å². The Labute approximate surface area is 176 Å². The van der Waals surface area contributed by atoms with E-state index < -0.39 is 30.8 Å². The number of piperidine rings is 1. The van der Waals surface area contributed by atoms with Crippen molar-refractivity contribution in [3.05, 3.63) is 29.8 Å². The zero-order chi connectivity index (χ0) is 21.9. The highest BCUT2D eigenvalue weighted by molar-refractivity contribution is 7.96. The van der Waals surface area contributed by atoms with Crippen LogP contribution in [0.15, 0.2) is 29.2 Å². The lowest BCUT2D eigenvalue weighted by Crippen LogP contribution is -2.46. The van der Waals surface area contributed by atoms with E-state index in [0.29, 0.717) is 32.5 Å². The molecule has 1 N–H and O–H groups in total. The number of amides is 2. The lowest BCUT2D eigenvalue weighted by molar-refractivity contribution is 0.0860. The molecule has 2 aliphatic rings. The Morgan fingerprint density at radius 1 is 1.20 bits per heavy atom. The minimum atomic E-state index is -3.84. The van der Waals surface area contributed by atoms with Crippen molar-refractivity contribution in [1.29, 1.82) is 0 Å². The van der Waals surface area contributed by atoms with E-state index in [0.717, 1.165) is 0 Å². The Bertz CT molecular complexity index is 1010. The molecule has 3 rings (SSSR count). The molecule has 0 spiro atoms. The third-order valence-corrected chi connectivity index (χ3v) is 9.58. The van der Waals surface area contributed by atoms with Crippen LogP contribution in [0.3, 0.4) is 0 Å². The van der Waals surface area contributed by atoms with Gasteiger partial charge in [0.15, 0.2) is 19.7 Å². The summed E-state index contributed by atoms with van der Waals surface area (Å²) in [4.78, 5) is 25.9. The second-order valence-electron chi connectivity index (χ2n) is 7.53. The van der Waals surface area contributed by atoms with Crippen molar-refractivity contribution in [3.8, 4) is 0 Å². The van der Waals surface area contributed by atoms with E-state index in [1.165, 1.54) is 24.3 Å². The summed E-state index contributed by atoms with van der Waals surface area (Å²) in [5.41, 5.74) is 0.199. The quantitative estimate of drug-likeness (QED) is 0.697. The van der Waals surface area contributed by atoms with Crippen LogP contribution >= 0.6 is 0 Å². The Kier molecular flexibility index (Phi) is 6.71. The number of ether oxygens (including phenoxy) is 1. The second-order valence-corrected chi connectivity index (χ2v) is 12.0. The lowest BCUT2D eigenvalue weighted by atomic mass is 10.0. The Hall–Kier alpha value is -2.14. The standard InChI is InChI=1S/C19H26N2O7S2/c1-2-28-19(23)21-9-6-15(7-10-21)20-18(22)14-4-3-5-16(12-14)30(26,27)17-8-11-29(24,25)13-17/h3-5,12,15,17H,2,6-11,13H2,1H3,(H,20,22). The number of carbonyl (C=O) groups excluding carboxylic acids is 2. The van der Waals surface area contributed by atoms with Gasteiger partial charge in [0.05, 0.1) is 28.3 Å². The van der Waals surface area contributed by atoms with Crippen molar-refractivity contribution in [2.24, 2.45) is 0 Å². The molecule has 1 aromatic rings. The summed E-state index contributed by atoms with van der Waals surface area (Å²) in [5.74, 6) is -0.924. The lowest BCUT2D eigenvalue weighted by Gasteiger charge is -2.31. The first-order valence-corrected chi connectivity index (χ1v) is 13.3. The van der Waals surface area contributed by atoms with E-state index in [-0.39, 0.29) is 40.5 Å². The van der Waals surface area contributed by atoms with Gasteiger partial charge in [0.25, 0.3) is 5.91 Å². The van der Waals surface area contributed by atoms with Crippen molar-refractivity contribution in [1.82, 2.24) is 10.2 Å². The zero-order valence-electron chi connectivity index (χ0n) is 16.7. The fourth-order valence-electron chi connectivity index (χ4n) is 3.70. The van der Waals surface area contributed by atoms with Crippen molar-refractivity contribution >= 4 is 31.7 Å². The molecule has 2 aliphatic heterocycles. The average molecular weight is 459 g/mol. The van der Waals surface area contributed by atoms with Gasteiger partial charge in [-0.25, -0.2) is 21.6 Å². The van der Waals surface area contributed by atoms with Crippen LogP contribution in [0.1, 0.15) is 36.5 Å². The fourth-order valence-corrected chi connectivity index (χ4v) is 8.11. The molecule has 0 aromatic heterocycles. The van der Waals surface area contributed by atoms with Crippen LogP contribution in [-0.4, -0.2) is 76.2 Å². The number of rotatable bonds is 5. The highest BCUT2D eigenvalue weighted by Crippen LogP contribution is 2.26. The van der Waals surface area contributed by atoms with E-state index in [2.05, 4.69) is 5.32 Å². The van der Waals surface area contributed by atoms with Gasteiger partial charge in [0.1, 0.15) is 0 Å². The largest absolute Gasteiger partial charge is 0.450 e. The van der Waals surface area contributed by atoms with Gasteiger partial charge < -0.3 is 15.0 Å². The summed E-state index contributed by atoms with van der Waals surface area (Å²) in [7, 11) is -7.18. The normalized spacial score (nSPS) is 21.9. The molecule has 2 saturated heterocycles. The molecule has 9 nitrogen and oxygen atoms in total. The predicted octanol–water partition coefficient (Wildman–Crippen LogP) is 0.998. The highest BCUT2D eigenvalue weighted by atomic mass is 32.2. The second kappa shape index (κ2) is 8.93. The van der Waals surface area contributed by atoms with E-state index in [1.807, 2.05) is 0 Å². The first-order valence-electron chi connectivity index (χ1n) is 9.89. The Morgan fingerprint density at radius 3 is 2.50 bits per heavy atom. The van der Waals surface area contributed by atoms with Crippen molar-refractivity contribution in [3.63, 3.8) is 0 Å². The molecule has 1 atom stereocenters. The maximum absolute atomic E-state index is 12.8. The molecule has 1 aromatic carbocycles. The summed E-state index contributed by atoms with van der Waals surface area (Å²) in [6.07, 6.45) is 0.847. The SMILES string of the molecule is CCOC(=O)N1CCC(NC(=O)c2cccc(S(=O)(=O)C3CCS(=O)(=O)C3)c2)CC1. The Morgan fingerprint density at radius 2 is 1.90 bits per heavy atom. The van der Waals surface area contributed by atoms with Gasteiger partial charge in [-0.3, -0.25) is 4.79 Å². The van der Waals surface area contributed by atoms with Gasteiger partial charge in [0.2, 0.25) is 0 Å². The molecular formula is C19H26N2O7S2. The fraction of sp³-hybridized carbons (Fsp3) is 0.579. The average Bonchev–Trinajstić information content (AvgIpc) is 3.09. The first kappa shape index (κ1) is 22.5. The zero-order valence-corrected chi connectivity index (χ0v) is 18.4. The van der Waals surface area contributed by atoms with Crippen LogP contribution in [0.2, 0.25) is 0 Å². The van der Waals surface area contributed by atoms with Crippen molar-refractivity contribution in [2.45, 2.75) is 42.4 Å². The van der Waals surface area contributed by atoms with Crippen LogP contribution in [0, 0.1) is 0 Å². The molecule has 166 valence electrons. The summed E-state index contributed by atoms with van der Waals surface area (Å²) in [6.45, 7) is 2.98. The monoisotopic (exact) mass is 458 g/mol. The topological polar surface area (TPSA) is 127 Å². The first-order chi connectivity index (χ1) is 14.1. The number of sulfone groups is 2. The highest BCUT2D eigenvalue weighted by Gasteiger charge is 2.38. The number of nitrogens with zero attached hydrogens (tertiary/aromatic N) is 1. The van der Waals surface area contributed by atoms with E-state index in [9.17, 15) is 26.4 Å². The smallest absolute Gasteiger partial charge is 0.409 e. The van der Waals surface area contributed by atoms with Gasteiger partial charge in [-0.2, -0.15) is 0 Å². The van der Waals surface area contributed by atoms with E-state index in [4.69, 9.17) is 4.74 Å². The molecule has 11 heteroatoms. The van der Waals surface area contributed by atoms with Crippen LogP contribution in [0.4, 0.5) is 4.79 Å². The molecule has 2 fully saturated rings. The number of likely N-dealkylation sites (tertiary alicyclic amines) is 1. The third kappa shape index (κ3) is 5.12. The van der Waals surface area contributed by atoms with E-state index in [1.54, 1.807) is 11.8 Å². The molecule has 2 amide bonds. The van der Waals surface area contributed by atoms with Crippen LogP contribution in [-0.2, 0) is 24.4 Å². The minimum absolute atomic E-state index is 0.0469. The number of hydrogen-bond donors (Lipinski definition) is 1. The van der Waals surface area contributed by atoms with Gasteiger partial charge in [-0.05, 0) is 44.4 Å². The Balaban J connectivity index is 1.64. The summed E-state index contributed by atoms with van der Waals surface area (Å²) in [6, 6.07) is 5.55. The molecule has 0 bridgehead atoms. The van der Waals surface area contributed by atoms with Crippen molar-refractivity contribution < 1.29 is 31.2 Å². The van der Waals surface area contributed by atoms with Gasteiger partial charge in [-0.1, -0.05) is 6.07 Å². The predicted molar refractivity (Wildman–Crippen MR) is 110 cm³/mol. The number of nitrogens with one attached hydrogen (secondary N) is 1. The number of hydrogen-bond acceptors (Lipinski definition) is 7. The molecule has 0 saturated carbocycles. The molecule has 1 unspecified atom stereocenters. The maximum atomic E-state index is 12.8. The summed E-state index contributed by atoms with van der Waals surface area (Å²) in [5, 5.41) is 1.90. The van der Waals surface area contributed by atoms with E-state index >= 15 is 0 Å². The van der Waals surface area contributed by atoms with Gasteiger partial charge >= 0.3 is 6.09 Å². The number of carbonyl (C=O) groups is 2. The molecule has 0 aliphatic carbocycles. The molecule has 30 heavy (non-hydrogen) atoms. The molecule has 0 radical (unpaired) electrons. The molecular weight excluding hydrogens is 432 g/mol. The third-order valence-electron chi connectivity index (χ3n) is 5.41. The minimum Gasteiger partial charge on any atom is -0.450 e. The van der Waals surface area contributed by atoms with Gasteiger partial charge in [-0.15, -0.1) is 0 Å². The summed E-state index contributed by atoms with van der Waals surface area (Å²) < 4.78 is 53.9. The number of benzene rings is 1. The summed E-state index contributed by atoms with van der Waals surface area (Å²) >= 11 is 0.